The molecule has 0 spiro atoms. The fourth-order valence-electron chi connectivity index (χ4n) is 1.94. The Balaban J connectivity index is 2.13. The van der Waals surface area contributed by atoms with E-state index >= 15 is 0 Å². The smallest absolute Gasteiger partial charge is 0.283 e. The van der Waals surface area contributed by atoms with Crippen molar-refractivity contribution >= 4 is 21.6 Å². The average molecular weight is 351 g/mol. The molecule has 6 heteroatoms. The van der Waals surface area contributed by atoms with E-state index in [0.717, 1.165) is 24.1 Å². The Labute approximate surface area is 132 Å². The highest BCUT2D eigenvalue weighted by atomic mass is 79.9. The quantitative estimate of drug-likeness (QED) is 0.869. The Morgan fingerprint density at radius 3 is 2.95 bits per heavy atom. The first-order valence-electron chi connectivity index (χ1n) is 7.03. The summed E-state index contributed by atoms with van der Waals surface area (Å²) in [5.41, 5.74) is 2.66. The third kappa shape index (κ3) is 3.91. The Morgan fingerprint density at radius 1 is 1.43 bits per heavy atom. The molecule has 5 nitrogen and oxygen atoms in total. The molecule has 2 rings (SSSR count). The average Bonchev–Trinajstić information content (AvgIpc) is 2.49. The molecule has 2 aromatic heterocycles. The predicted molar refractivity (Wildman–Crippen MR) is 87.4 cm³/mol. The molecule has 0 saturated carbocycles. The van der Waals surface area contributed by atoms with Crippen LogP contribution in [0.15, 0.2) is 33.8 Å². The van der Waals surface area contributed by atoms with Crippen LogP contribution in [0.4, 0.5) is 5.69 Å². The second-order valence-corrected chi connectivity index (χ2v) is 5.67. The molecule has 0 saturated heterocycles. The van der Waals surface area contributed by atoms with Gasteiger partial charge in [-0.05, 0) is 40.9 Å². The molecule has 0 atom stereocenters. The molecular weight excluding hydrogens is 332 g/mol. The Hall–Kier alpha value is -1.69. The van der Waals surface area contributed by atoms with Crippen molar-refractivity contribution < 1.29 is 0 Å². The summed E-state index contributed by atoms with van der Waals surface area (Å²) in [5, 5.41) is 7.41. The Morgan fingerprint density at radius 2 is 2.24 bits per heavy atom. The highest BCUT2D eigenvalue weighted by Crippen LogP contribution is 2.17. The largest absolute Gasteiger partial charge is 0.377 e. The molecule has 0 aliphatic rings. The molecule has 0 fully saturated rings. The van der Waals surface area contributed by atoms with Gasteiger partial charge in [0.15, 0.2) is 0 Å². The number of pyridine rings is 1. The second kappa shape index (κ2) is 7.36. The van der Waals surface area contributed by atoms with Crippen LogP contribution in [0.25, 0.3) is 0 Å². The van der Waals surface area contributed by atoms with Crippen LogP contribution in [0.2, 0.25) is 0 Å². The standard InChI is InChI=1S/C15H19BrN4O/c1-3-4-8-20-15(21)14(16)13(10-19-20)18-9-12-11(2)6-5-7-17-12/h5-7,10,18H,3-4,8-9H2,1-2H3. The van der Waals surface area contributed by atoms with Crippen molar-refractivity contribution in [2.24, 2.45) is 0 Å². The first-order valence-corrected chi connectivity index (χ1v) is 7.82. The minimum atomic E-state index is -0.105. The summed E-state index contributed by atoms with van der Waals surface area (Å²) in [6.45, 7) is 5.31. The van der Waals surface area contributed by atoms with Crippen molar-refractivity contribution in [3.63, 3.8) is 0 Å². The molecule has 21 heavy (non-hydrogen) atoms. The van der Waals surface area contributed by atoms with Crippen LogP contribution in [-0.4, -0.2) is 14.8 Å². The maximum atomic E-state index is 12.2. The lowest BCUT2D eigenvalue weighted by atomic mass is 10.2. The molecule has 2 aromatic rings. The van der Waals surface area contributed by atoms with E-state index in [-0.39, 0.29) is 5.56 Å². The zero-order valence-electron chi connectivity index (χ0n) is 12.3. The maximum absolute atomic E-state index is 12.2. The molecule has 1 N–H and O–H groups in total. The first kappa shape index (κ1) is 15.7. The van der Waals surface area contributed by atoms with Crippen LogP contribution >= 0.6 is 15.9 Å². The van der Waals surface area contributed by atoms with E-state index in [1.54, 1.807) is 12.4 Å². The van der Waals surface area contributed by atoms with Crippen LogP contribution in [0.1, 0.15) is 31.0 Å². The van der Waals surface area contributed by atoms with Crippen LogP contribution < -0.4 is 10.9 Å². The zero-order chi connectivity index (χ0) is 15.2. The lowest BCUT2D eigenvalue weighted by Gasteiger charge is -2.11. The van der Waals surface area contributed by atoms with Crippen molar-refractivity contribution in [1.29, 1.82) is 0 Å². The van der Waals surface area contributed by atoms with Crippen LogP contribution in [0.3, 0.4) is 0 Å². The fraction of sp³-hybridized carbons (Fsp3) is 0.400. The lowest BCUT2D eigenvalue weighted by Crippen LogP contribution is -2.24. The van der Waals surface area contributed by atoms with E-state index in [4.69, 9.17) is 0 Å². The number of aryl methyl sites for hydroxylation is 2. The number of hydrogen-bond acceptors (Lipinski definition) is 4. The Kier molecular flexibility index (Phi) is 5.50. The van der Waals surface area contributed by atoms with E-state index in [1.807, 2.05) is 19.1 Å². The number of nitrogens with one attached hydrogen (secondary N) is 1. The number of nitrogens with zero attached hydrogens (tertiary/aromatic N) is 3. The number of anilines is 1. The van der Waals surface area contributed by atoms with Gasteiger partial charge in [-0.3, -0.25) is 9.78 Å². The highest BCUT2D eigenvalue weighted by molar-refractivity contribution is 9.10. The maximum Gasteiger partial charge on any atom is 0.283 e. The zero-order valence-corrected chi connectivity index (χ0v) is 13.9. The summed E-state index contributed by atoms with van der Waals surface area (Å²) in [4.78, 5) is 16.5. The molecule has 0 amide bonds. The summed E-state index contributed by atoms with van der Waals surface area (Å²) in [6, 6.07) is 3.92. The normalized spacial score (nSPS) is 10.6. The molecule has 0 aromatic carbocycles. The molecule has 112 valence electrons. The minimum Gasteiger partial charge on any atom is -0.377 e. The van der Waals surface area contributed by atoms with Crippen molar-refractivity contribution in [2.45, 2.75) is 39.8 Å². The van der Waals surface area contributed by atoms with Gasteiger partial charge in [0.1, 0.15) is 4.47 Å². The summed E-state index contributed by atoms with van der Waals surface area (Å²) >= 11 is 3.36. The van der Waals surface area contributed by atoms with Gasteiger partial charge in [-0.25, -0.2) is 4.68 Å². The van der Waals surface area contributed by atoms with Gasteiger partial charge in [0.05, 0.1) is 24.1 Å². The van der Waals surface area contributed by atoms with E-state index < -0.39 is 0 Å². The number of unbranched alkanes of at least 4 members (excludes halogenated alkanes) is 1. The van der Waals surface area contributed by atoms with Crippen molar-refractivity contribution in [3.8, 4) is 0 Å². The van der Waals surface area contributed by atoms with Gasteiger partial charge in [-0.2, -0.15) is 5.10 Å². The van der Waals surface area contributed by atoms with E-state index in [1.165, 1.54) is 4.68 Å². The third-order valence-corrected chi connectivity index (χ3v) is 4.04. The van der Waals surface area contributed by atoms with Crippen LogP contribution in [0.5, 0.6) is 0 Å². The molecular formula is C15H19BrN4O. The first-order chi connectivity index (χ1) is 10.1. The van der Waals surface area contributed by atoms with Crippen molar-refractivity contribution in [3.05, 3.63) is 50.6 Å². The number of hydrogen-bond donors (Lipinski definition) is 1. The van der Waals surface area contributed by atoms with Gasteiger partial charge >= 0.3 is 0 Å². The summed E-state index contributed by atoms with van der Waals surface area (Å²) in [5.74, 6) is 0. The highest BCUT2D eigenvalue weighted by Gasteiger charge is 2.09. The summed E-state index contributed by atoms with van der Waals surface area (Å²) in [6.07, 6.45) is 5.42. The number of aromatic nitrogens is 3. The molecule has 0 unspecified atom stereocenters. The minimum absolute atomic E-state index is 0.105. The molecule has 0 radical (unpaired) electrons. The van der Waals surface area contributed by atoms with Crippen molar-refractivity contribution in [2.75, 3.05) is 5.32 Å². The Bertz CT molecular complexity index is 669. The fourth-order valence-corrected chi connectivity index (χ4v) is 2.39. The summed E-state index contributed by atoms with van der Waals surface area (Å²) < 4.78 is 2.01. The molecule has 2 heterocycles. The van der Waals surface area contributed by atoms with Crippen LogP contribution in [0, 0.1) is 6.92 Å². The van der Waals surface area contributed by atoms with Gasteiger partial charge in [-0.1, -0.05) is 19.4 Å². The van der Waals surface area contributed by atoms with E-state index in [0.29, 0.717) is 23.2 Å². The van der Waals surface area contributed by atoms with Crippen LogP contribution in [-0.2, 0) is 13.1 Å². The SMILES string of the molecule is CCCCn1ncc(NCc2ncccc2C)c(Br)c1=O. The molecule has 0 aliphatic heterocycles. The monoisotopic (exact) mass is 350 g/mol. The third-order valence-electron chi connectivity index (χ3n) is 3.27. The second-order valence-electron chi connectivity index (χ2n) is 4.87. The van der Waals surface area contributed by atoms with Gasteiger partial charge in [0.25, 0.3) is 5.56 Å². The van der Waals surface area contributed by atoms with Gasteiger partial charge in [0, 0.05) is 12.7 Å². The predicted octanol–water partition coefficient (Wildman–Crippen LogP) is 3.12. The van der Waals surface area contributed by atoms with Gasteiger partial charge in [-0.15, -0.1) is 0 Å². The van der Waals surface area contributed by atoms with E-state index in [9.17, 15) is 4.79 Å². The lowest BCUT2D eigenvalue weighted by molar-refractivity contribution is 0.541. The van der Waals surface area contributed by atoms with Gasteiger partial charge in [0.2, 0.25) is 0 Å². The molecule has 0 aliphatic carbocycles. The van der Waals surface area contributed by atoms with Crippen molar-refractivity contribution in [1.82, 2.24) is 14.8 Å². The molecule has 0 bridgehead atoms. The summed E-state index contributed by atoms with van der Waals surface area (Å²) in [7, 11) is 0. The number of halogens is 1. The topological polar surface area (TPSA) is 59.8 Å². The van der Waals surface area contributed by atoms with E-state index in [2.05, 4.69) is 38.3 Å². The van der Waals surface area contributed by atoms with Gasteiger partial charge < -0.3 is 5.32 Å². The number of rotatable bonds is 6.